The molecule has 138 valence electrons. The van der Waals surface area contributed by atoms with E-state index in [4.69, 9.17) is 9.47 Å². The van der Waals surface area contributed by atoms with Gasteiger partial charge in [-0.05, 0) is 37.6 Å². The maximum atomic E-state index is 12.1. The molecule has 1 amide bonds. The highest BCUT2D eigenvalue weighted by Gasteiger charge is 2.12. The van der Waals surface area contributed by atoms with Gasteiger partial charge in [-0.15, -0.1) is 0 Å². The summed E-state index contributed by atoms with van der Waals surface area (Å²) in [7, 11) is 0. The first kappa shape index (κ1) is 18.2. The molecular formula is C20H25N3O3. The first-order valence-electron chi connectivity index (χ1n) is 8.90. The van der Waals surface area contributed by atoms with Crippen LogP contribution in [0.4, 0.5) is 11.5 Å². The number of hydrogen-bond donors (Lipinski definition) is 1. The zero-order valence-electron chi connectivity index (χ0n) is 15.3. The van der Waals surface area contributed by atoms with Gasteiger partial charge in [0.1, 0.15) is 11.6 Å². The van der Waals surface area contributed by atoms with Gasteiger partial charge in [-0.25, -0.2) is 4.98 Å². The van der Waals surface area contributed by atoms with E-state index in [1.54, 1.807) is 6.20 Å². The molecule has 1 saturated heterocycles. The van der Waals surface area contributed by atoms with Gasteiger partial charge in [0, 0.05) is 13.1 Å². The summed E-state index contributed by atoms with van der Waals surface area (Å²) in [5.41, 5.74) is 3.31. The van der Waals surface area contributed by atoms with Gasteiger partial charge in [0.15, 0.2) is 0 Å². The fraction of sp³-hybridized carbons (Fsp3) is 0.400. The van der Waals surface area contributed by atoms with E-state index < -0.39 is 0 Å². The number of pyridine rings is 1. The number of nitrogens with zero attached hydrogens (tertiary/aromatic N) is 2. The van der Waals surface area contributed by atoms with Crippen molar-refractivity contribution in [3.8, 4) is 5.75 Å². The van der Waals surface area contributed by atoms with Crippen LogP contribution in [0.3, 0.4) is 0 Å². The van der Waals surface area contributed by atoms with Crippen molar-refractivity contribution in [2.75, 3.05) is 43.1 Å². The summed E-state index contributed by atoms with van der Waals surface area (Å²) in [6.07, 6.45) is 2.06. The summed E-state index contributed by atoms with van der Waals surface area (Å²) >= 11 is 0. The molecule has 0 atom stereocenters. The number of morpholine rings is 1. The molecule has 1 N–H and O–H groups in total. The Labute approximate surface area is 154 Å². The normalized spacial score (nSPS) is 14.2. The van der Waals surface area contributed by atoms with E-state index in [-0.39, 0.29) is 12.3 Å². The summed E-state index contributed by atoms with van der Waals surface area (Å²) in [5.74, 6) is 1.26. The van der Waals surface area contributed by atoms with Gasteiger partial charge in [-0.3, -0.25) is 4.79 Å². The molecular weight excluding hydrogens is 330 g/mol. The standard InChI is InChI=1S/C20H25N3O3/c1-15-3-5-18(16(2)13-15)26-10-7-20(24)22-19-6-4-17(14-21-19)23-8-11-25-12-9-23/h3-6,13-14H,7-12H2,1-2H3,(H,21,22,24). The van der Waals surface area contributed by atoms with Crippen LogP contribution in [0.2, 0.25) is 0 Å². The molecule has 0 aliphatic carbocycles. The zero-order chi connectivity index (χ0) is 18.4. The number of nitrogens with one attached hydrogen (secondary N) is 1. The molecule has 1 aliphatic heterocycles. The van der Waals surface area contributed by atoms with Crippen molar-refractivity contribution in [3.63, 3.8) is 0 Å². The fourth-order valence-corrected chi connectivity index (χ4v) is 2.89. The fourth-order valence-electron chi connectivity index (χ4n) is 2.89. The smallest absolute Gasteiger partial charge is 0.228 e. The molecule has 0 radical (unpaired) electrons. The van der Waals surface area contributed by atoms with Crippen LogP contribution < -0.4 is 15.0 Å². The minimum Gasteiger partial charge on any atom is -0.493 e. The Bertz CT molecular complexity index is 740. The second-order valence-electron chi connectivity index (χ2n) is 6.42. The van der Waals surface area contributed by atoms with Crippen LogP contribution >= 0.6 is 0 Å². The van der Waals surface area contributed by atoms with E-state index in [0.29, 0.717) is 12.4 Å². The number of amides is 1. The molecule has 1 aromatic heterocycles. The van der Waals surface area contributed by atoms with Crippen molar-refractivity contribution in [1.82, 2.24) is 4.98 Å². The second kappa shape index (κ2) is 8.67. The number of hydrogen-bond acceptors (Lipinski definition) is 5. The molecule has 6 nitrogen and oxygen atoms in total. The molecule has 1 fully saturated rings. The van der Waals surface area contributed by atoms with Crippen molar-refractivity contribution in [2.24, 2.45) is 0 Å². The molecule has 3 rings (SSSR count). The van der Waals surface area contributed by atoms with Gasteiger partial charge in [0.2, 0.25) is 5.91 Å². The van der Waals surface area contributed by atoms with Crippen LogP contribution in [0.25, 0.3) is 0 Å². The molecule has 0 spiro atoms. The third-order valence-electron chi connectivity index (χ3n) is 4.31. The lowest BCUT2D eigenvalue weighted by Crippen LogP contribution is -2.36. The highest BCUT2D eigenvalue weighted by Crippen LogP contribution is 2.19. The summed E-state index contributed by atoms with van der Waals surface area (Å²) in [5, 5.41) is 2.81. The van der Waals surface area contributed by atoms with Gasteiger partial charge >= 0.3 is 0 Å². The Morgan fingerprint density at radius 2 is 2.04 bits per heavy atom. The minimum absolute atomic E-state index is 0.110. The van der Waals surface area contributed by atoms with Crippen LogP contribution in [0.1, 0.15) is 17.5 Å². The lowest BCUT2D eigenvalue weighted by molar-refractivity contribution is -0.116. The Kier molecular flexibility index (Phi) is 6.07. The molecule has 2 aromatic rings. The van der Waals surface area contributed by atoms with Gasteiger partial charge in [-0.1, -0.05) is 17.7 Å². The minimum atomic E-state index is -0.110. The number of anilines is 2. The Morgan fingerprint density at radius 1 is 1.23 bits per heavy atom. The van der Waals surface area contributed by atoms with E-state index in [9.17, 15) is 4.79 Å². The van der Waals surface area contributed by atoms with Gasteiger partial charge in [0.25, 0.3) is 0 Å². The average Bonchev–Trinajstić information content (AvgIpc) is 2.65. The molecule has 0 saturated carbocycles. The summed E-state index contributed by atoms with van der Waals surface area (Å²) in [6, 6.07) is 9.81. The highest BCUT2D eigenvalue weighted by molar-refractivity contribution is 5.89. The lowest BCUT2D eigenvalue weighted by Gasteiger charge is -2.28. The van der Waals surface area contributed by atoms with Crippen LogP contribution in [0, 0.1) is 13.8 Å². The number of carbonyl (C=O) groups excluding carboxylic acids is 1. The molecule has 1 aromatic carbocycles. The molecule has 0 unspecified atom stereocenters. The van der Waals surface area contributed by atoms with Gasteiger partial charge < -0.3 is 19.7 Å². The van der Waals surface area contributed by atoms with Crippen LogP contribution in [-0.2, 0) is 9.53 Å². The highest BCUT2D eigenvalue weighted by atomic mass is 16.5. The maximum Gasteiger partial charge on any atom is 0.228 e. The number of ether oxygens (including phenoxy) is 2. The van der Waals surface area contributed by atoms with Crippen molar-refractivity contribution in [1.29, 1.82) is 0 Å². The zero-order valence-corrected chi connectivity index (χ0v) is 15.3. The molecule has 0 bridgehead atoms. The Hall–Kier alpha value is -2.60. The first-order valence-corrected chi connectivity index (χ1v) is 8.90. The van der Waals surface area contributed by atoms with Crippen LogP contribution in [0.15, 0.2) is 36.5 Å². The molecule has 6 heteroatoms. The van der Waals surface area contributed by atoms with Crippen molar-refractivity contribution in [2.45, 2.75) is 20.3 Å². The monoisotopic (exact) mass is 355 g/mol. The third-order valence-corrected chi connectivity index (χ3v) is 4.31. The predicted octanol–water partition coefficient (Wildman–Crippen LogP) is 2.94. The van der Waals surface area contributed by atoms with Crippen molar-refractivity contribution >= 4 is 17.4 Å². The SMILES string of the molecule is Cc1ccc(OCCC(=O)Nc2ccc(N3CCOCC3)cn2)c(C)c1. The number of benzene rings is 1. The van der Waals surface area contributed by atoms with Gasteiger partial charge in [0.05, 0.1) is 38.1 Å². The van der Waals surface area contributed by atoms with E-state index in [1.165, 1.54) is 5.56 Å². The summed E-state index contributed by atoms with van der Waals surface area (Å²) in [4.78, 5) is 18.6. The lowest BCUT2D eigenvalue weighted by atomic mass is 10.1. The topological polar surface area (TPSA) is 63.7 Å². The average molecular weight is 355 g/mol. The number of carbonyl (C=O) groups is 1. The Balaban J connectivity index is 1.45. The second-order valence-corrected chi connectivity index (χ2v) is 6.42. The van der Waals surface area contributed by atoms with E-state index in [2.05, 4.69) is 21.3 Å². The quantitative estimate of drug-likeness (QED) is 0.863. The first-order chi connectivity index (χ1) is 12.6. The number of rotatable bonds is 6. The summed E-state index contributed by atoms with van der Waals surface area (Å²) < 4.78 is 11.0. The number of aryl methyl sites for hydroxylation is 2. The van der Waals surface area contributed by atoms with Crippen molar-refractivity contribution in [3.05, 3.63) is 47.7 Å². The van der Waals surface area contributed by atoms with Gasteiger partial charge in [-0.2, -0.15) is 0 Å². The number of aromatic nitrogens is 1. The molecule has 26 heavy (non-hydrogen) atoms. The third kappa shape index (κ3) is 4.95. The van der Waals surface area contributed by atoms with E-state index >= 15 is 0 Å². The van der Waals surface area contributed by atoms with E-state index in [0.717, 1.165) is 43.3 Å². The summed E-state index contributed by atoms with van der Waals surface area (Å²) in [6.45, 7) is 7.58. The van der Waals surface area contributed by atoms with Crippen molar-refractivity contribution < 1.29 is 14.3 Å². The molecule has 1 aliphatic rings. The maximum absolute atomic E-state index is 12.1. The largest absolute Gasteiger partial charge is 0.493 e. The van der Waals surface area contributed by atoms with Crippen LogP contribution in [0.5, 0.6) is 5.75 Å². The van der Waals surface area contributed by atoms with E-state index in [1.807, 2.05) is 38.1 Å². The Morgan fingerprint density at radius 3 is 2.73 bits per heavy atom. The predicted molar refractivity (Wildman–Crippen MR) is 102 cm³/mol. The van der Waals surface area contributed by atoms with Crippen LogP contribution in [-0.4, -0.2) is 43.8 Å². The molecule has 2 heterocycles.